The Kier molecular flexibility index (Phi) is 4.44. The van der Waals surface area contributed by atoms with Crippen molar-refractivity contribution in [3.8, 4) is 6.07 Å². The van der Waals surface area contributed by atoms with E-state index in [2.05, 4.69) is 6.07 Å². The van der Waals surface area contributed by atoms with Crippen LogP contribution < -0.4 is 0 Å². The number of carbonyl (C=O) groups excluding carboxylic acids is 1. The molecule has 0 aliphatic rings. The molecule has 4 heteroatoms. The van der Waals surface area contributed by atoms with Gasteiger partial charge in [0.1, 0.15) is 0 Å². The summed E-state index contributed by atoms with van der Waals surface area (Å²) in [5.74, 6) is -0.331. The lowest BCUT2D eigenvalue weighted by molar-refractivity contribution is 0.0600. The molecule has 0 amide bonds. The summed E-state index contributed by atoms with van der Waals surface area (Å²) in [6.45, 7) is 1.96. The first-order valence-corrected chi connectivity index (χ1v) is 6.82. The summed E-state index contributed by atoms with van der Waals surface area (Å²) in [7, 11) is 1.37. The van der Waals surface area contributed by atoms with E-state index in [1.807, 2.05) is 31.2 Å². The number of esters is 1. The SMILES string of the molecule is COC(=O)c1ccc(Sc2ccc(C#N)cc2)c(C)c1. The van der Waals surface area contributed by atoms with Gasteiger partial charge in [-0.1, -0.05) is 11.8 Å². The maximum atomic E-state index is 11.4. The molecule has 0 atom stereocenters. The number of aryl methyl sites for hydroxylation is 1. The van der Waals surface area contributed by atoms with Crippen LogP contribution in [-0.2, 0) is 4.74 Å². The van der Waals surface area contributed by atoms with E-state index in [0.717, 1.165) is 15.4 Å². The van der Waals surface area contributed by atoms with E-state index in [9.17, 15) is 4.79 Å². The molecule has 0 saturated carbocycles. The van der Waals surface area contributed by atoms with Gasteiger partial charge in [-0.25, -0.2) is 4.79 Å². The minimum atomic E-state index is -0.331. The van der Waals surface area contributed by atoms with E-state index in [4.69, 9.17) is 10.00 Å². The van der Waals surface area contributed by atoms with Gasteiger partial charge in [-0.3, -0.25) is 0 Å². The Morgan fingerprint density at radius 3 is 2.45 bits per heavy atom. The predicted molar refractivity (Wildman–Crippen MR) is 77.8 cm³/mol. The van der Waals surface area contributed by atoms with Crippen LogP contribution in [0.4, 0.5) is 0 Å². The monoisotopic (exact) mass is 283 g/mol. The zero-order valence-corrected chi connectivity index (χ0v) is 12.0. The van der Waals surface area contributed by atoms with E-state index < -0.39 is 0 Å². The van der Waals surface area contributed by atoms with Crippen LogP contribution in [0.15, 0.2) is 52.3 Å². The number of carbonyl (C=O) groups is 1. The number of hydrogen-bond acceptors (Lipinski definition) is 4. The summed E-state index contributed by atoms with van der Waals surface area (Å²) in [5.41, 5.74) is 2.21. The Labute approximate surface area is 122 Å². The van der Waals surface area contributed by atoms with Crippen molar-refractivity contribution in [1.82, 2.24) is 0 Å². The maximum Gasteiger partial charge on any atom is 0.337 e. The van der Waals surface area contributed by atoms with Crippen LogP contribution >= 0.6 is 11.8 Å². The Hall–Kier alpha value is -2.25. The standard InChI is InChI=1S/C16H13NO2S/c1-11-9-13(16(18)19-2)5-8-15(11)20-14-6-3-12(10-17)4-7-14/h3-9H,1-2H3. The topological polar surface area (TPSA) is 50.1 Å². The number of nitrogens with zero attached hydrogens (tertiary/aromatic N) is 1. The molecule has 0 N–H and O–H groups in total. The van der Waals surface area contributed by atoms with Crippen molar-refractivity contribution in [2.45, 2.75) is 16.7 Å². The Morgan fingerprint density at radius 1 is 1.20 bits per heavy atom. The van der Waals surface area contributed by atoms with Crippen LogP contribution in [0.5, 0.6) is 0 Å². The average molecular weight is 283 g/mol. The van der Waals surface area contributed by atoms with Crippen molar-refractivity contribution in [3.05, 3.63) is 59.2 Å². The molecule has 0 unspecified atom stereocenters. The molecule has 2 rings (SSSR count). The van der Waals surface area contributed by atoms with Gasteiger partial charge in [0.05, 0.1) is 24.3 Å². The maximum absolute atomic E-state index is 11.4. The van der Waals surface area contributed by atoms with Crippen molar-refractivity contribution in [1.29, 1.82) is 5.26 Å². The lowest BCUT2D eigenvalue weighted by atomic mass is 10.1. The zero-order chi connectivity index (χ0) is 14.5. The van der Waals surface area contributed by atoms with E-state index >= 15 is 0 Å². The molecule has 0 aliphatic carbocycles. The molecule has 2 aromatic carbocycles. The molecule has 20 heavy (non-hydrogen) atoms. The molecule has 3 nitrogen and oxygen atoms in total. The first-order valence-electron chi connectivity index (χ1n) is 6.01. The molecule has 0 spiro atoms. The van der Waals surface area contributed by atoms with Gasteiger partial charge in [-0.15, -0.1) is 0 Å². The third kappa shape index (κ3) is 3.19. The second kappa shape index (κ2) is 6.27. The molecular weight excluding hydrogens is 270 g/mol. The summed E-state index contributed by atoms with van der Waals surface area (Å²) < 4.78 is 4.70. The molecular formula is C16H13NO2S. The van der Waals surface area contributed by atoms with Gasteiger partial charge in [0.2, 0.25) is 0 Å². The highest BCUT2D eigenvalue weighted by Crippen LogP contribution is 2.30. The van der Waals surface area contributed by atoms with Gasteiger partial charge < -0.3 is 4.74 Å². The molecule has 0 heterocycles. The smallest absolute Gasteiger partial charge is 0.337 e. The van der Waals surface area contributed by atoms with Crippen LogP contribution in [0.25, 0.3) is 0 Å². The molecule has 0 aliphatic heterocycles. The predicted octanol–water partition coefficient (Wildman–Crippen LogP) is 3.80. The van der Waals surface area contributed by atoms with Gasteiger partial charge in [0.15, 0.2) is 0 Å². The summed E-state index contributed by atoms with van der Waals surface area (Å²) in [6.07, 6.45) is 0. The van der Waals surface area contributed by atoms with Crippen molar-refractivity contribution in [2.75, 3.05) is 7.11 Å². The molecule has 0 saturated heterocycles. The van der Waals surface area contributed by atoms with Crippen LogP contribution in [0.2, 0.25) is 0 Å². The van der Waals surface area contributed by atoms with E-state index in [1.54, 1.807) is 30.0 Å². The quantitative estimate of drug-likeness (QED) is 0.804. The number of hydrogen-bond donors (Lipinski definition) is 0. The van der Waals surface area contributed by atoms with Gasteiger partial charge >= 0.3 is 5.97 Å². The summed E-state index contributed by atoms with van der Waals surface area (Å²) in [6, 6.07) is 15.0. The van der Waals surface area contributed by atoms with Gasteiger partial charge in [-0.2, -0.15) is 5.26 Å². The van der Waals surface area contributed by atoms with Gasteiger partial charge in [-0.05, 0) is 55.0 Å². The Bertz CT molecular complexity index is 672. The lowest BCUT2D eigenvalue weighted by Gasteiger charge is -2.07. The van der Waals surface area contributed by atoms with Crippen LogP contribution in [0, 0.1) is 18.3 Å². The third-order valence-electron chi connectivity index (χ3n) is 2.81. The highest BCUT2D eigenvalue weighted by atomic mass is 32.2. The van der Waals surface area contributed by atoms with Gasteiger partial charge in [0.25, 0.3) is 0 Å². The van der Waals surface area contributed by atoms with Crippen molar-refractivity contribution < 1.29 is 9.53 Å². The number of rotatable bonds is 3. The molecule has 0 fully saturated rings. The number of nitriles is 1. The highest BCUT2D eigenvalue weighted by Gasteiger charge is 2.08. The van der Waals surface area contributed by atoms with E-state index in [1.165, 1.54) is 7.11 Å². The lowest BCUT2D eigenvalue weighted by Crippen LogP contribution is -2.01. The molecule has 0 radical (unpaired) electrons. The normalized spacial score (nSPS) is 9.85. The third-order valence-corrected chi connectivity index (χ3v) is 3.99. The second-order valence-electron chi connectivity index (χ2n) is 4.21. The minimum Gasteiger partial charge on any atom is -0.465 e. The van der Waals surface area contributed by atoms with Crippen LogP contribution in [0.1, 0.15) is 21.5 Å². The summed E-state index contributed by atoms with van der Waals surface area (Å²) in [4.78, 5) is 13.6. The molecule has 0 bridgehead atoms. The fourth-order valence-corrected chi connectivity index (χ4v) is 2.62. The summed E-state index contributed by atoms with van der Waals surface area (Å²) in [5, 5.41) is 8.77. The first kappa shape index (κ1) is 14.2. The zero-order valence-electron chi connectivity index (χ0n) is 11.2. The van der Waals surface area contributed by atoms with Crippen molar-refractivity contribution in [2.24, 2.45) is 0 Å². The number of ether oxygens (including phenoxy) is 1. The molecule has 0 aromatic heterocycles. The average Bonchev–Trinajstić information content (AvgIpc) is 2.49. The first-order chi connectivity index (χ1) is 9.63. The summed E-state index contributed by atoms with van der Waals surface area (Å²) >= 11 is 1.60. The van der Waals surface area contributed by atoms with Crippen LogP contribution in [-0.4, -0.2) is 13.1 Å². The Morgan fingerprint density at radius 2 is 1.90 bits per heavy atom. The fraction of sp³-hybridized carbons (Fsp3) is 0.125. The Balaban J connectivity index is 2.21. The fourth-order valence-electron chi connectivity index (χ4n) is 1.73. The van der Waals surface area contributed by atoms with Gasteiger partial charge in [0, 0.05) is 9.79 Å². The number of benzene rings is 2. The van der Waals surface area contributed by atoms with Crippen molar-refractivity contribution >= 4 is 17.7 Å². The largest absolute Gasteiger partial charge is 0.465 e. The molecule has 100 valence electrons. The van der Waals surface area contributed by atoms with E-state index in [-0.39, 0.29) is 5.97 Å². The van der Waals surface area contributed by atoms with Crippen LogP contribution in [0.3, 0.4) is 0 Å². The highest BCUT2D eigenvalue weighted by molar-refractivity contribution is 7.99. The second-order valence-corrected chi connectivity index (χ2v) is 5.33. The number of methoxy groups -OCH3 is 1. The minimum absolute atomic E-state index is 0.331. The molecule has 2 aromatic rings. The van der Waals surface area contributed by atoms with E-state index in [0.29, 0.717) is 11.1 Å². The van der Waals surface area contributed by atoms with Crippen molar-refractivity contribution in [3.63, 3.8) is 0 Å².